The predicted molar refractivity (Wildman–Crippen MR) is 127 cm³/mol. The van der Waals surface area contributed by atoms with E-state index in [4.69, 9.17) is 9.47 Å². The second-order valence-electron chi connectivity index (χ2n) is 6.97. The van der Waals surface area contributed by atoms with Gasteiger partial charge in [-0.2, -0.15) is 0 Å². The largest absolute Gasteiger partial charge is 0.494 e. The lowest BCUT2D eigenvalue weighted by Gasteiger charge is -2.09. The summed E-state index contributed by atoms with van der Waals surface area (Å²) in [5, 5.41) is 3.50. The van der Waals surface area contributed by atoms with Crippen LogP contribution in [0.4, 0.5) is 5.13 Å². The van der Waals surface area contributed by atoms with E-state index in [2.05, 4.69) is 52.2 Å². The summed E-state index contributed by atoms with van der Waals surface area (Å²) in [6, 6.07) is 11.9. The third-order valence-corrected chi connectivity index (χ3v) is 6.14. The number of halogens is 1. The van der Waals surface area contributed by atoms with Gasteiger partial charge in [0.1, 0.15) is 11.5 Å². The molecule has 1 aromatic heterocycles. The van der Waals surface area contributed by atoms with Crippen molar-refractivity contribution in [2.75, 3.05) is 18.5 Å². The minimum atomic E-state index is -0.0579. The molecular weight excluding hydrogens is 464 g/mol. The highest BCUT2D eigenvalue weighted by Crippen LogP contribution is 2.30. The average molecular weight is 491 g/mol. The lowest BCUT2D eigenvalue weighted by molar-refractivity contribution is -0.116. The van der Waals surface area contributed by atoms with Gasteiger partial charge in [-0.05, 0) is 71.1 Å². The Morgan fingerprint density at radius 3 is 2.70 bits per heavy atom. The van der Waals surface area contributed by atoms with Crippen LogP contribution in [0.3, 0.4) is 0 Å². The van der Waals surface area contributed by atoms with Gasteiger partial charge in [0.15, 0.2) is 5.13 Å². The molecule has 3 rings (SSSR count). The number of unbranched alkanes of at least 4 members (excludes halogenated alkanes) is 1. The number of nitrogens with one attached hydrogen (secondary N) is 1. The number of anilines is 1. The first-order valence-electron chi connectivity index (χ1n) is 10.3. The molecule has 0 aliphatic carbocycles. The minimum absolute atomic E-state index is 0.0579. The number of thiazole rings is 1. The quantitative estimate of drug-likeness (QED) is 0.307. The van der Waals surface area contributed by atoms with Crippen LogP contribution in [0.15, 0.2) is 40.9 Å². The Labute approximate surface area is 189 Å². The average Bonchev–Trinajstić information content (AvgIpc) is 3.13. The van der Waals surface area contributed by atoms with E-state index in [0.29, 0.717) is 31.2 Å². The number of aryl methyl sites for hydroxylation is 1. The van der Waals surface area contributed by atoms with Gasteiger partial charge in [0.2, 0.25) is 5.91 Å². The van der Waals surface area contributed by atoms with Gasteiger partial charge < -0.3 is 14.8 Å². The standard InChI is InChI=1S/C23H27BrN2O3S/c1-3-5-12-28-17-9-10-19-21(15-17)30-23(25-19)26-22(27)7-6-13-29-20-11-8-16(4-2)14-18(20)24/h8-11,14-15H,3-7,12-13H2,1-2H3,(H,25,26,27). The molecule has 0 saturated heterocycles. The predicted octanol–water partition coefficient (Wildman–Crippen LogP) is 6.60. The number of carbonyl (C=O) groups is 1. The van der Waals surface area contributed by atoms with Crippen molar-refractivity contribution in [3.63, 3.8) is 0 Å². The van der Waals surface area contributed by atoms with E-state index in [-0.39, 0.29) is 5.91 Å². The lowest BCUT2D eigenvalue weighted by atomic mass is 10.2. The lowest BCUT2D eigenvalue weighted by Crippen LogP contribution is -2.12. The summed E-state index contributed by atoms with van der Waals surface area (Å²) in [6.07, 6.45) is 4.14. The molecule has 0 fully saturated rings. The van der Waals surface area contributed by atoms with Crippen molar-refractivity contribution < 1.29 is 14.3 Å². The van der Waals surface area contributed by atoms with Crippen LogP contribution >= 0.6 is 27.3 Å². The Morgan fingerprint density at radius 2 is 1.93 bits per heavy atom. The normalized spacial score (nSPS) is 10.9. The third kappa shape index (κ3) is 6.44. The zero-order chi connectivity index (χ0) is 21.3. The Balaban J connectivity index is 1.45. The van der Waals surface area contributed by atoms with Crippen molar-refractivity contribution >= 4 is 48.5 Å². The number of amides is 1. The number of hydrogen-bond donors (Lipinski definition) is 1. The summed E-state index contributed by atoms with van der Waals surface area (Å²) in [5.41, 5.74) is 2.12. The highest BCUT2D eigenvalue weighted by Gasteiger charge is 2.09. The molecule has 5 nitrogen and oxygen atoms in total. The van der Waals surface area contributed by atoms with Gasteiger partial charge in [-0.15, -0.1) is 0 Å². The number of aromatic nitrogens is 1. The zero-order valence-corrected chi connectivity index (χ0v) is 19.8. The van der Waals surface area contributed by atoms with Crippen LogP contribution in [0.1, 0.15) is 45.1 Å². The molecule has 0 unspecified atom stereocenters. The van der Waals surface area contributed by atoms with Crippen molar-refractivity contribution in [3.8, 4) is 11.5 Å². The van der Waals surface area contributed by atoms with E-state index in [1.165, 1.54) is 16.9 Å². The summed E-state index contributed by atoms with van der Waals surface area (Å²) >= 11 is 4.99. The summed E-state index contributed by atoms with van der Waals surface area (Å²) in [5.74, 6) is 1.58. The molecule has 0 radical (unpaired) electrons. The second kappa shape index (κ2) is 11.3. The molecule has 7 heteroatoms. The maximum atomic E-state index is 12.3. The van der Waals surface area contributed by atoms with Crippen molar-refractivity contribution in [2.45, 2.75) is 46.0 Å². The summed E-state index contributed by atoms with van der Waals surface area (Å²) in [6.45, 7) is 5.45. The van der Waals surface area contributed by atoms with Gasteiger partial charge in [0.25, 0.3) is 0 Å². The smallest absolute Gasteiger partial charge is 0.226 e. The molecule has 0 bridgehead atoms. The Hall–Kier alpha value is -2.12. The van der Waals surface area contributed by atoms with Gasteiger partial charge in [0, 0.05) is 6.42 Å². The van der Waals surface area contributed by atoms with Gasteiger partial charge in [-0.25, -0.2) is 4.98 Å². The van der Waals surface area contributed by atoms with Gasteiger partial charge >= 0.3 is 0 Å². The fraction of sp³-hybridized carbons (Fsp3) is 0.391. The second-order valence-corrected chi connectivity index (χ2v) is 8.85. The maximum Gasteiger partial charge on any atom is 0.226 e. The zero-order valence-electron chi connectivity index (χ0n) is 17.4. The first-order chi connectivity index (χ1) is 14.6. The van der Waals surface area contributed by atoms with Gasteiger partial charge in [0.05, 0.1) is 27.9 Å². The molecule has 1 amide bonds. The molecular formula is C23H27BrN2O3S. The van der Waals surface area contributed by atoms with Gasteiger partial charge in [-0.3, -0.25) is 4.79 Å². The van der Waals surface area contributed by atoms with Crippen LogP contribution in [0.25, 0.3) is 10.2 Å². The third-order valence-electron chi connectivity index (χ3n) is 4.58. The Morgan fingerprint density at radius 1 is 1.10 bits per heavy atom. The molecule has 0 atom stereocenters. The Kier molecular flexibility index (Phi) is 8.51. The SMILES string of the molecule is CCCCOc1ccc2nc(NC(=O)CCCOc3ccc(CC)cc3Br)sc2c1. The fourth-order valence-corrected chi connectivity index (χ4v) is 4.31. The number of hydrogen-bond acceptors (Lipinski definition) is 5. The molecule has 0 spiro atoms. The van der Waals surface area contributed by atoms with E-state index in [0.717, 1.165) is 45.5 Å². The minimum Gasteiger partial charge on any atom is -0.494 e. The van der Waals surface area contributed by atoms with Crippen LogP contribution in [-0.2, 0) is 11.2 Å². The summed E-state index contributed by atoms with van der Waals surface area (Å²) in [4.78, 5) is 16.7. The molecule has 30 heavy (non-hydrogen) atoms. The van der Waals surface area contributed by atoms with Crippen LogP contribution < -0.4 is 14.8 Å². The number of rotatable bonds is 11. The van der Waals surface area contributed by atoms with E-state index >= 15 is 0 Å². The summed E-state index contributed by atoms with van der Waals surface area (Å²) < 4.78 is 13.5. The summed E-state index contributed by atoms with van der Waals surface area (Å²) in [7, 11) is 0. The molecule has 1 heterocycles. The van der Waals surface area contributed by atoms with Crippen LogP contribution in [0.2, 0.25) is 0 Å². The van der Waals surface area contributed by atoms with Crippen molar-refractivity contribution in [1.29, 1.82) is 0 Å². The topological polar surface area (TPSA) is 60.5 Å². The molecule has 3 aromatic rings. The number of benzene rings is 2. The number of ether oxygens (including phenoxy) is 2. The molecule has 0 aliphatic heterocycles. The molecule has 0 saturated carbocycles. The highest BCUT2D eigenvalue weighted by molar-refractivity contribution is 9.10. The molecule has 160 valence electrons. The van der Waals surface area contributed by atoms with Crippen LogP contribution in [0.5, 0.6) is 11.5 Å². The van der Waals surface area contributed by atoms with Crippen molar-refractivity contribution in [2.24, 2.45) is 0 Å². The number of carbonyl (C=O) groups excluding carboxylic acids is 1. The van der Waals surface area contributed by atoms with Crippen LogP contribution in [-0.4, -0.2) is 24.1 Å². The molecule has 0 aliphatic rings. The van der Waals surface area contributed by atoms with Gasteiger partial charge in [-0.1, -0.05) is 37.7 Å². The molecule has 1 N–H and O–H groups in total. The Bertz CT molecular complexity index is 990. The van der Waals surface area contributed by atoms with Crippen LogP contribution in [0, 0.1) is 0 Å². The molecule has 2 aromatic carbocycles. The van der Waals surface area contributed by atoms with E-state index in [1.54, 1.807) is 0 Å². The number of fused-ring (bicyclic) bond motifs is 1. The fourth-order valence-electron chi connectivity index (χ4n) is 2.86. The number of nitrogens with zero attached hydrogens (tertiary/aromatic N) is 1. The highest BCUT2D eigenvalue weighted by atomic mass is 79.9. The van der Waals surface area contributed by atoms with E-state index in [1.807, 2.05) is 24.3 Å². The van der Waals surface area contributed by atoms with Crippen molar-refractivity contribution in [1.82, 2.24) is 4.98 Å². The van der Waals surface area contributed by atoms with Crippen molar-refractivity contribution in [3.05, 3.63) is 46.4 Å². The first-order valence-corrected chi connectivity index (χ1v) is 11.9. The van der Waals surface area contributed by atoms with E-state index in [9.17, 15) is 4.79 Å². The monoisotopic (exact) mass is 490 g/mol. The first kappa shape index (κ1) is 22.6. The maximum absolute atomic E-state index is 12.3. The van der Waals surface area contributed by atoms with E-state index < -0.39 is 0 Å².